The van der Waals surface area contributed by atoms with Crippen molar-refractivity contribution in [1.82, 2.24) is 0 Å². The van der Waals surface area contributed by atoms with Gasteiger partial charge < -0.3 is 4.74 Å². The Balaban J connectivity index is 3.41. The van der Waals surface area contributed by atoms with Gasteiger partial charge in [0.2, 0.25) is 0 Å². The van der Waals surface area contributed by atoms with E-state index in [1.165, 1.54) is 0 Å². The van der Waals surface area contributed by atoms with Gasteiger partial charge in [0.1, 0.15) is 5.75 Å². The van der Waals surface area contributed by atoms with Crippen LogP contribution >= 0.6 is 11.6 Å². The number of rotatable bonds is 3. The van der Waals surface area contributed by atoms with E-state index in [-0.39, 0.29) is 0 Å². The van der Waals surface area contributed by atoms with Crippen molar-refractivity contribution in [1.29, 1.82) is 0 Å². The number of alkyl halides is 5. The highest BCUT2D eigenvalue weighted by molar-refractivity contribution is 6.32. The summed E-state index contributed by atoms with van der Waals surface area (Å²) in [6.45, 7) is -2.36. The van der Waals surface area contributed by atoms with E-state index in [0.29, 0.717) is 12.1 Å². The zero-order valence-electron chi connectivity index (χ0n) is 8.82. The number of halogens is 6. The van der Waals surface area contributed by atoms with E-state index in [1.54, 1.807) is 0 Å². The first-order valence-electron chi connectivity index (χ1n) is 4.49. The smallest absolute Gasteiger partial charge is 0.418 e. The number of hydrogen-bond donors (Lipinski definition) is 0. The van der Waals surface area contributed by atoms with Gasteiger partial charge >= 0.3 is 12.8 Å². The third kappa shape index (κ3) is 3.32. The third-order valence-electron chi connectivity index (χ3n) is 1.95. The fraction of sp³-hybridized carbons (Fsp3) is 0.300. The molecule has 8 heteroatoms. The molecular formula is C10H6ClF5O2. The molecule has 0 unspecified atom stereocenters. The van der Waals surface area contributed by atoms with Crippen LogP contribution in [0, 0.1) is 0 Å². The summed E-state index contributed by atoms with van der Waals surface area (Å²) in [4.78, 5) is 11.1. The first-order valence-corrected chi connectivity index (χ1v) is 4.87. The molecule has 0 saturated heterocycles. The van der Waals surface area contributed by atoms with E-state index in [2.05, 4.69) is 4.74 Å². The molecule has 0 amide bonds. The van der Waals surface area contributed by atoms with Crippen molar-refractivity contribution < 1.29 is 31.5 Å². The zero-order chi connectivity index (χ0) is 14.1. The van der Waals surface area contributed by atoms with Crippen molar-refractivity contribution in [2.75, 3.05) is 0 Å². The second-order valence-corrected chi connectivity index (χ2v) is 3.67. The predicted octanol–water partition coefficient (Wildman–Crippen LogP) is 4.16. The lowest BCUT2D eigenvalue weighted by Gasteiger charge is -2.15. The van der Waals surface area contributed by atoms with Crippen LogP contribution in [0.5, 0.6) is 5.75 Å². The molecule has 0 aromatic heterocycles. The molecule has 0 radical (unpaired) electrons. The molecule has 0 N–H and O–H groups in total. The van der Waals surface area contributed by atoms with E-state index in [0.717, 1.165) is 6.92 Å². The van der Waals surface area contributed by atoms with Crippen LogP contribution < -0.4 is 4.74 Å². The van der Waals surface area contributed by atoms with Gasteiger partial charge in [-0.3, -0.25) is 4.79 Å². The fourth-order valence-electron chi connectivity index (χ4n) is 1.32. The van der Waals surface area contributed by atoms with Crippen LogP contribution in [0.2, 0.25) is 5.02 Å². The Hall–Kier alpha value is -1.37. The van der Waals surface area contributed by atoms with Crippen LogP contribution in [0.3, 0.4) is 0 Å². The van der Waals surface area contributed by atoms with Crippen LogP contribution in [0.4, 0.5) is 22.0 Å². The summed E-state index contributed by atoms with van der Waals surface area (Å²) in [5.74, 6) is -1.56. The minimum atomic E-state index is -4.86. The molecule has 1 aromatic rings. The highest BCUT2D eigenvalue weighted by Crippen LogP contribution is 2.39. The van der Waals surface area contributed by atoms with Crippen LogP contribution in [0.15, 0.2) is 12.1 Å². The minimum Gasteiger partial charge on any atom is -0.435 e. The molecule has 0 aliphatic heterocycles. The van der Waals surface area contributed by atoms with E-state index in [9.17, 15) is 26.7 Å². The normalized spacial score (nSPS) is 11.8. The van der Waals surface area contributed by atoms with Crippen LogP contribution in [-0.4, -0.2) is 12.4 Å². The molecular weight excluding hydrogens is 283 g/mol. The molecule has 0 spiro atoms. The number of ether oxygens (including phenoxy) is 1. The van der Waals surface area contributed by atoms with E-state index in [4.69, 9.17) is 11.6 Å². The molecule has 100 valence electrons. The Morgan fingerprint density at radius 3 is 2.28 bits per heavy atom. The topological polar surface area (TPSA) is 26.3 Å². The summed E-state index contributed by atoms with van der Waals surface area (Å²) in [6.07, 6.45) is -4.86. The first kappa shape index (κ1) is 14.7. The Kier molecular flexibility index (Phi) is 4.16. The van der Waals surface area contributed by atoms with Crippen molar-refractivity contribution in [2.45, 2.75) is 19.7 Å². The number of carbonyl (C=O) groups is 1. The molecule has 0 bridgehead atoms. The molecule has 1 rings (SSSR count). The quantitative estimate of drug-likeness (QED) is 0.616. The largest absolute Gasteiger partial charge is 0.435 e. The van der Waals surface area contributed by atoms with Gasteiger partial charge in [0.15, 0.2) is 5.78 Å². The minimum absolute atomic E-state index is 0.586. The number of ketones is 1. The van der Waals surface area contributed by atoms with E-state index in [1.807, 2.05) is 0 Å². The number of carbonyl (C=O) groups excluding carboxylic acids is 1. The second-order valence-electron chi connectivity index (χ2n) is 3.26. The standard InChI is InChI=1S/C10H6ClF5O2/c1-4(17)6-2-5(18-9(12)13)3-7(11)8(6)10(14,15)16/h2-3,9H,1H3. The maximum Gasteiger partial charge on any atom is 0.418 e. The van der Waals surface area contributed by atoms with Gasteiger partial charge in [-0.2, -0.15) is 22.0 Å². The summed E-state index contributed by atoms with van der Waals surface area (Å²) in [6, 6.07) is 1.17. The Labute approximate surface area is 103 Å². The van der Waals surface area contributed by atoms with Crippen molar-refractivity contribution in [3.05, 3.63) is 28.3 Å². The lowest BCUT2D eigenvalue weighted by Crippen LogP contribution is -2.13. The Morgan fingerprint density at radius 1 is 1.33 bits per heavy atom. The third-order valence-corrected chi connectivity index (χ3v) is 2.25. The number of benzene rings is 1. The highest BCUT2D eigenvalue weighted by Gasteiger charge is 2.37. The predicted molar refractivity (Wildman–Crippen MR) is 53.1 cm³/mol. The average Bonchev–Trinajstić information content (AvgIpc) is 2.12. The van der Waals surface area contributed by atoms with Crippen molar-refractivity contribution in [3.8, 4) is 5.75 Å². The molecule has 0 aliphatic carbocycles. The average molecular weight is 289 g/mol. The SMILES string of the molecule is CC(=O)c1cc(OC(F)F)cc(Cl)c1C(F)(F)F. The monoisotopic (exact) mass is 288 g/mol. The molecule has 0 saturated carbocycles. The van der Waals surface area contributed by atoms with Gasteiger partial charge in [0.25, 0.3) is 0 Å². The zero-order valence-corrected chi connectivity index (χ0v) is 9.57. The maximum atomic E-state index is 12.6. The first-order chi connectivity index (χ1) is 8.12. The van der Waals surface area contributed by atoms with Gasteiger partial charge in [-0.1, -0.05) is 11.6 Å². The van der Waals surface area contributed by atoms with Crippen LogP contribution in [-0.2, 0) is 6.18 Å². The Morgan fingerprint density at radius 2 is 1.89 bits per heavy atom. The van der Waals surface area contributed by atoms with Gasteiger partial charge in [-0.15, -0.1) is 0 Å². The molecule has 0 heterocycles. The van der Waals surface area contributed by atoms with E-state index < -0.39 is 40.5 Å². The summed E-state index contributed by atoms with van der Waals surface area (Å²) < 4.78 is 65.7. The molecule has 0 fully saturated rings. The van der Waals surface area contributed by atoms with Crippen LogP contribution in [0.1, 0.15) is 22.8 Å². The number of Topliss-reactive ketones (excluding diaryl/α,β-unsaturated/α-hetero) is 1. The van der Waals surface area contributed by atoms with Crippen molar-refractivity contribution in [2.24, 2.45) is 0 Å². The second kappa shape index (κ2) is 5.09. The molecule has 1 aromatic carbocycles. The van der Waals surface area contributed by atoms with E-state index >= 15 is 0 Å². The lowest BCUT2D eigenvalue weighted by atomic mass is 10.0. The molecule has 0 aliphatic rings. The number of hydrogen-bond acceptors (Lipinski definition) is 2. The van der Waals surface area contributed by atoms with Crippen LogP contribution in [0.25, 0.3) is 0 Å². The van der Waals surface area contributed by atoms with Gasteiger partial charge in [-0.05, 0) is 19.1 Å². The van der Waals surface area contributed by atoms with Gasteiger partial charge in [0, 0.05) is 5.56 Å². The van der Waals surface area contributed by atoms with Gasteiger partial charge in [0.05, 0.1) is 10.6 Å². The Bertz CT molecular complexity index is 470. The lowest BCUT2D eigenvalue weighted by molar-refractivity contribution is -0.137. The summed E-state index contributed by atoms with van der Waals surface area (Å²) in [5.41, 5.74) is -2.18. The van der Waals surface area contributed by atoms with Crippen molar-refractivity contribution >= 4 is 17.4 Å². The highest BCUT2D eigenvalue weighted by atomic mass is 35.5. The maximum absolute atomic E-state index is 12.6. The molecule has 0 atom stereocenters. The summed E-state index contributed by atoms with van der Waals surface area (Å²) >= 11 is 5.35. The van der Waals surface area contributed by atoms with Gasteiger partial charge in [-0.25, -0.2) is 0 Å². The fourth-order valence-corrected chi connectivity index (χ4v) is 1.63. The molecule has 2 nitrogen and oxygen atoms in total. The summed E-state index contributed by atoms with van der Waals surface area (Å²) in [7, 11) is 0. The summed E-state index contributed by atoms with van der Waals surface area (Å²) in [5, 5.41) is -0.870. The van der Waals surface area contributed by atoms with Crippen molar-refractivity contribution in [3.63, 3.8) is 0 Å². The molecule has 18 heavy (non-hydrogen) atoms.